The SMILES string of the molecule is CC#CC(=O)[C@H]1Oc2ccccc2N1[C@](CC(=O)N1CCOCC1)(CS(=O)(=O)Cc1ccccc1)C(N)=O. The van der Waals surface area contributed by atoms with E-state index in [0.717, 1.165) is 0 Å². The third-order valence-corrected chi connectivity index (χ3v) is 8.18. The predicted molar refractivity (Wildman–Crippen MR) is 140 cm³/mol. The Balaban J connectivity index is 1.84. The molecule has 0 unspecified atom stereocenters. The molecule has 0 aliphatic carbocycles. The van der Waals surface area contributed by atoms with Gasteiger partial charge >= 0.3 is 0 Å². The fourth-order valence-corrected chi connectivity index (χ4v) is 6.68. The summed E-state index contributed by atoms with van der Waals surface area (Å²) in [6.07, 6.45) is -2.06. The van der Waals surface area contributed by atoms with Gasteiger partial charge in [0.1, 0.15) is 11.3 Å². The van der Waals surface area contributed by atoms with Crippen molar-refractivity contribution in [3.8, 4) is 17.6 Å². The number of nitrogens with zero attached hydrogens (tertiary/aromatic N) is 2. The normalized spacial score (nSPS) is 18.4. The lowest BCUT2D eigenvalue weighted by molar-refractivity contribution is -0.139. The van der Waals surface area contributed by atoms with Gasteiger partial charge in [-0.15, -0.1) is 0 Å². The number of ether oxygens (including phenoxy) is 2. The van der Waals surface area contributed by atoms with Crippen LogP contribution in [-0.2, 0) is 34.7 Å². The first-order valence-electron chi connectivity index (χ1n) is 12.1. The number of rotatable bonds is 9. The highest BCUT2D eigenvalue weighted by molar-refractivity contribution is 7.90. The van der Waals surface area contributed by atoms with Crippen molar-refractivity contribution in [2.75, 3.05) is 37.0 Å². The summed E-state index contributed by atoms with van der Waals surface area (Å²) in [7, 11) is -4.06. The van der Waals surface area contributed by atoms with Crippen molar-refractivity contribution in [1.82, 2.24) is 4.90 Å². The number of fused-ring (bicyclic) bond motifs is 1. The number of primary amides is 1. The zero-order valence-electron chi connectivity index (χ0n) is 21.0. The van der Waals surface area contributed by atoms with E-state index in [4.69, 9.17) is 15.2 Å². The predicted octanol–water partition coefficient (Wildman–Crippen LogP) is 0.892. The largest absolute Gasteiger partial charge is 0.460 e. The number of anilines is 1. The lowest BCUT2D eigenvalue weighted by Crippen LogP contribution is -2.67. The van der Waals surface area contributed by atoms with Gasteiger partial charge in [-0.05, 0) is 30.5 Å². The van der Waals surface area contributed by atoms with Crippen LogP contribution in [0, 0.1) is 11.8 Å². The average molecular weight is 540 g/mol. The summed E-state index contributed by atoms with van der Waals surface area (Å²) < 4.78 is 38.4. The molecule has 0 saturated carbocycles. The van der Waals surface area contributed by atoms with Crippen molar-refractivity contribution < 1.29 is 32.3 Å². The molecule has 2 aromatic rings. The number of benzene rings is 2. The number of hydrogen-bond donors (Lipinski definition) is 1. The molecule has 1 saturated heterocycles. The van der Waals surface area contributed by atoms with Crippen LogP contribution in [0.25, 0.3) is 0 Å². The summed E-state index contributed by atoms with van der Waals surface area (Å²) in [5.41, 5.74) is 4.61. The minimum absolute atomic E-state index is 0.244. The third-order valence-electron chi connectivity index (χ3n) is 6.49. The Hall–Kier alpha value is -3.88. The van der Waals surface area contributed by atoms with Crippen molar-refractivity contribution in [3.05, 3.63) is 60.2 Å². The smallest absolute Gasteiger partial charge is 0.267 e. The highest BCUT2D eigenvalue weighted by atomic mass is 32.2. The molecule has 2 aliphatic rings. The Kier molecular flexibility index (Phi) is 8.04. The highest BCUT2D eigenvalue weighted by Gasteiger charge is 2.55. The van der Waals surface area contributed by atoms with E-state index in [9.17, 15) is 22.8 Å². The van der Waals surface area contributed by atoms with E-state index in [1.54, 1.807) is 54.6 Å². The maximum Gasteiger partial charge on any atom is 0.267 e. The van der Waals surface area contributed by atoms with Gasteiger partial charge in [-0.25, -0.2) is 8.42 Å². The number of sulfone groups is 1. The second kappa shape index (κ2) is 11.2. The van der Waals surface area contributed by atoms with Gasteiger partial charge in [-0.3, -0.25) is 14.4 Å². The fourth-order valence-electron chi connectivity index (χ4n) is 4.77. The average Bonchev–Trinajstić information content (AvgIpc) is 3.29. The van der Waals surface area contributed by atoms with E-state index >= 15 is 0 Å². The molecule has 0 radical (unpaired) electrons. The molecule has 10 nitrogen and oxygen atoms in total. The molecular formula is C27H29N3O7S. The molecule has 38 heavy (non-hydrogen) atoms. The van der Waals surface area contributed by atoms with E-state index in [1.807, 2.05) is 0 Å². The molecular weight excluding hydrogens is 510 g/mol. The lowest BCUT2D eigenvalue weighted by atomic mass is 9.91. The molecule has 0 bridgehead atoms. The van der Waals surface area contributed by atoms with Crippen molar-refractivity contribution in [2.24, 2.45) is 5.73 Å². The van der Waals surface area contributed by atoms with Gasteiger partial charge in [0.2, 0.25) is 18.0 Å². The Bertz CT molecular complexity index is 1380. The molecule has 2 aromatic carbocycles. The first-order valence-corrected chi connectivity index (χ1v) is 13.9. The van der Waals surface area contributed by atoms with Crippen LogP contribution in [0.15, 0.2) is 54.6 Å². The Morgan fingerprint density at radius 2 is 1.71 bits per heavy atom. The fraction of sp³-hybridized carbons (Fsp3) is 0.370. The van der Waals surface area contributed by atoms with Gasteiger partial charge in [0.25, 0.3) is 5.78 Å². The van der Waals surface area contributed by atoms with Crippen LogP contribution in [-0.4, -0.2) is 74.7 Å². The first-order chi connectivity index (χ1) is 18.2. The minimum atomic E-state index is -4.06. The number of carbonyl (C=O) groups is 3. The molecule has 1 fully saturated rings. The van der Waals surface area contributed by atoms with Crippen LogP contribution in [0.1, 0.15) is 18.9 Å². The lowest BCUT2D eigenvalue weighted by Gasteiger charge is -2.42. The molecule has 4 rings (SSSR count). The Labute approximate surface area is 221 Å². The summed E-state index contributed by atoms with van der Waals surface area (Å²) in [6.45, 7) is 2.65. The van der Waals surface area contributed by atoms with Crippen molar-refractivity contribution >= 4 is 33.1 Å². The number of nitrogens with two attached hydrogens (primary N) is 1. The second-order valence-electron chi connectivity index (χ2n) is 9.13. The van der Waals surface area contributed by atoms with E-state index < -0.39 is 57.1 Å². The van der Waals surface area contributed by atoms with Crippen LogP contribution in [0.5, 0.6) is 5.75 Å². The van der Waals surface area contributed by atoms with Gasteiger partial charge in [0.05, 0.1) is 36.8 Å². The van der Waals surface area contributed by atoms with E-state index in [2.05, 4.69) is 11.8 Å². The maximum absolute atomic E-state index is 13.6. The zero-order chi connectivity index (χ0) is 27.3. The summed E-state index contributed by atoms with van der Waals surface area (Å²) in [5.74, 6) is 1.71. The molecule has 200 valence electrons. The summed E-state index contributed by atoms with van der Waals surface area (Å²) in [6, 6.07) is 15.0. The molecule has 0 aromatic heterocycles. The number of morpholine rings is 1. The quantitative estimate of drug-likeness (QED) is 0.367. The van der Waals surface area contributed by atoms with Gasteiger partial charge in [0, 0.05) is 13.1 Å². The minimum Gasteiger partial charge on any atom is -0.460 e. The standard InChI is InChI=1S/C27H29N3O7S/c1-2-8-22(31)25-30(21-11-6-7-12-23(21)37-25)27(26(28)33,17-24(32)29-13-15-36-16-14-29)19-38(34,35)18-20-9-4-3-5-10-20/h3-7,9-12,25H,13-19H2,1H3,(H2,28,33)/t25-,27-/m1/s1. The summed E-state index contributed by atoms with van der Waals surface area (Å²) in [5, 5.41) is 0. The second-order valence-corrected chi connectivity index (χ2v) is 11.2. The van der Waals surface area contributed by atoms with E-state index in [1.165, 1.54) is 16.7 Å². The number of carbonyl (C=O) groups excluding carboxylic acids is 3. The third kappa shape index (κ3) is 5.66. The van der Waals surface area contributed by atoms with Crippen molar-refractivity contribution in [2.45, 2.75) is 30.9 Å². The molecule has 11 heteroatoms. The van der Waals surface area contributed by atoms with E-state index in [-0.39, 0.29) is 24.5 Å². The molecule has 0 spiro atoms. The van der Waals surface area contributed by atoms with Gasteiger partial charge in [-0.1, -0.05) is 48.4 Å². The van der Waals surface area contributed by atoms with E-state index in [0.29, 0.717) is 18.8 Å². The first kappa shape index (κ1) is 27.2. The van der Waals surface area contributed by atoms with Crippen LogP contribution >= 0.6 is 0 Å². The number of para-hydroxylation sites is 2. The maximum atomic E-state index is 13.6. The molecule has 2 N–H and O–H groups in total. The number of Topliss-reactive ketones (excluding diaryl/α,β-unsaturated/α-hetero) is 1. The monoisotopic (exact) mass is 539 g/mol. The Morgan fingerprint density at radius 1 is 1.05 bits per heavy atom. The van der Waals surface area contributed by atoms with Gasteiger partial charge in [-0.2, -0.15) is 0 Å². The van der Waals surface area contributed by atoms with Gasteiger partial charge < -0.3 is 25.0 Å². The highest BCUT2D eigenvalue weighted by Crippen LogP contribution is 2.43. The van der Waals surface area contributed by atoms with Crippen molar-refractivity contribution in [1.29, 1.82) is 0 Å². The number of hydrogen-bond acceptors (Lipinski definition) is 8. The zero-order valence-corrected chi connectivity index (χ0v) is 21.8. The molecule has 2 amide bonds. The summed E-state index contributed by atoms with van der Waals surface area (Å²) in [4.78, 5) is 42.7. The van der Waals surface area contributed by atoms with Gasteiger partial charge in [0.15, 0.2) is 9.84 Å². The van der Waals surface area contributed by atoms with Crippen LogP contribution in [0.2, 0.25) is 0 Å². The number of amides is 2. The molecule has 2 atom stereocenters. The topological polar surface area (TPSA) is 136 Å². The number of ketones is 1. The molecule has 2 heterocycles. The van der Waals surface area contributed by atoms with Crippen LogP contribution in [0.4, 0.5) is 5.69 Å². The summed E-state index contributed by atoms with van der Waals surface area (Å²) >= 11 is 0. The molecule has 2 aliphatic heterocycles. The Morgan fingerprint density at radius 3 is 2.37 bits per heavy atom. The van der Waals surface area contributed by atoms with Crippen LogP contribution < -0.4 is 15.4 Å². The van der Waals surface area contributed by atoms with Crippen molar-refractivity contribution in [3.63, 3.8) is 0 Å². The van der Waals surface area contributed by atoms with Crippen LogP contribution in [0.3, 0.4) is 0 Å².